The Kier molecular flexibility index (Phi) is 5.98. The summed E-state index contributed by atoms with van der Waals surface area (Å²) in [7, 11) is 0. The van der Waals surface area contributed by atoms with Gasteiger partial charge in [0, 0.05) is 37.6 Å². The van der Waals surface area contributed by atoms with Crippen LogP contribution in [0.2, 0.25) is 0 Å². The molecular weight excluding hydrogens is 361 g/mol. The first-order valence-electron chi connectivity index (χ1n) is 8.60. The summed E-state index contributed by atoms with van der Waals surface area (Å²) in [5.74, 6) is 0.142. The molecule has 0 saturated carbocycles. The minimum absolute atomic E-state index is 0.142. The highest BCUT2D eigenvalue weighted by molar-refractivity contribution is 7.10. The molecule has 0 N–H and O–H groups in total. The second-order valence-electron chi connectivity index (χ2n) is 6.46. The summed E-state index contributed by atoms with van der Waals surface area (Å²) < 4.78 is 37.9. The maximum atomic E-state index is 12.6. The molecule has 26 heavy (non-hydrogen) atoms. The number of carbonyl (C=O) groups excluding carboxylic acids is 1. The maximum Gasteiger partial charge on any atom is 0.416 e. The van der Waals surface area contributed by atoms with Crippen molar-refractivity contribution >= 4 is 17.2 Å². The molecule has 0 radical (unpaired) electrons. The van der Waals surface area contributed by atoms with Crippen molar-refractivity contribution < 1.29 is 18.0 Å². The Bertz CT molecular complexity index is 713. The van der Waals surface area contributed by atoms with Gasteiger partial charge in [-0.25, -0.2) is 0 Å². The molecule has 1 aromatic carbocycles. The van der Waals surface area contributed by atoms with E-state index in [1.54, 1.807) is 11.3 Å². The monoisotopic (exact) mass is 382 g/mol. The van der Waals surface area contributed by atoms with Gasteiger partial charge in [0.1, 0.15) is 0 Å². The number of amides is 1. The van der Waals surface area contributed by atoms with Gasteiger partial charge in [-0.05, 0) is 35.6 Å². The van der Waals surface area contributed by atoms with Gasteiger partial charge in [-0.15, -0.1) is 11.3 Å². The Hall–Kier alpha value is -1.86. The third kappa shape index (κ3) is 5.08. The maximum absolute atomic E-state index is 12.6. The number of thiophene rings is 1. The summed E-state index contributed by atoms with van der Waals surface area (Å²) in [6, 6.07) is 9.24. The van der Waals surface area contributed by atoms with Crippen molar-refractivity contribution in [3.05, 3.63) is 57.8 Å². The molecule has 2 heterocycles. The van der Waals surface area contributed by atoms with Gasteiger partial charge in [0.25, 0.3) is 0 Å². The van der Waals surface area contributed by atoms with Gasteiger partial charge in [-0.2, -0.15) is 13.2 Å². The van der Waals surface area contributed by atoms with Crippen LogP contribution in [0.15, 0.2) is 41.8 Å². The Balaban J connectivity index is 1.53. The van der Waals surface area contributed by atoms with Crippen LogP contribution >= 0.6 is 11.3 Å². The van der Waals surface area contributed by atoms with Gasteiger partial charge in [0.2, 0.25) is 5.91 Å². The van der Waals surface area contributed by atoms with Gasteiger partial charge in [0.15, 0.2) is 0 Å². The Labute approximate surface area is 155 Å². The minimum atomic E-state index is -4.30. The van der Waals surface area contributed by atoms with E-state index in [1.165, 1.54) is 12.1 Å². The van der Waals surface area contributed by atoms with Crippen molar-refractivity contribution in [1.82, 2.24) is 9.80 Å². The fourth-order valence-corrected chi connectivity index (χ4v) is 3.81. The zero-order valence-corrected chi connectivity index (χ0v) is 15.2. The summed E-state index contributed by atoms with van der Waals surface area (Å²) >= 11 is 1.59. The van der Waals surface area contributed by atoms with E-state index in [-0.39, 0.29) is 5.91 Å². The van der Waals surface area contributed by atoms with Crippen LogP contribution in [0.1, 0.15) is 22.4 Å². The number of halogens is 3. The molecule has 140 valence electrons. The molecule has 0 spiro atoms. The summed E-state index contributed by atoms with van der Waals surface area (Å²) in [4.78, 5) is 17.6. The first kappa shape index (κ1) is 18.9. The molecule has 3 rings (SSSR count). The quantitative estimate of drug-likeness (QED) is 0.797. The van der Waals surface area contributed by atoms with Crippen LogP contribution in [0, 0.1) is 0 Å². The molecule has 0 aliphatic carbocycles. The number of benzene rings is 1. The summed E-state index contributed by atoms with van der Waals surface area (Å²) in [5.41, 5.74) is 0.235. The van der Waals surface area contributed by atoms with Crippen LogP contribution in [0.4, 0.5) is 13.2 Å². The minimum Gasteiger partial charge on any atom is -0.341 e. The van der Waals surface area contributed by atoms with Crippen molar-refractivity contribution in [2.45, 2.75) is 25.6 Å². The molecule has 1 aliphatic heterocycles. The average Bonchev–Trinajstić information content (AvgIpc) is 2.99. The lowest BCUT2D eigenvalue weighted by atomic mass is 10.1. The topological polar surface area (TPSA) is 23.6 Å². The van der Waals surface area contributed by atoms with Gasteiger partial charge in [-0.1, -0.05) is 18.2 Å². The normalized spacial score (nSPS) is 16.5. The largest absolute Gasteiger partial charge is 0.416 e. The Morgan fingerprint density at radius 1 is 1.04 bits per heavy atom. The molecular formula is C19H21F3N2OS. The van der Waals surface area contributed by atoms with Crippen LogP contribution in [0.25, 0.3) is 0 Å². The zero-order valence-electron chi connectivity index (χ0n) is 14.3. The van der Waals surface area contributed by atoms with E-state index in [0.717, 1.165) is 48.6 Å². The van der Waals surface area contributed by atoms with Crippen LogP contribution in [-0.4, -0.2) is 41.9 Å². The first-order valence-corrected chi connectivity index (χ1v) is 9.48. The predicted octanol–water partition coefficient (Wildman–Crippen LogP) is 4.04. The molecule has 1 amide bonds. The van der Waals surface area contributed by atoms with Crippen molar-refractivity contribution in [2.75, 3.05) is 26.2 Å². The smallest absolute Gasteiger partial charge is 0.341 e. The lowest BCUT2D eigenvalue weighted by Gasteiger charge is -2.22. The fourth-order valence-electron chi connectivity index (χ4n) is 3.11. The van der Waals surface area contributed by atoms with Crippen molar-refractivity contribution in [1.29, 1.82) is 0 Å². The predicted molar refractivity (Wildman–Crippen MR) is 95.9 cm³/mol. The Morgan fingerprint density at radius 3 is 2.46 bits per heavy atom. The van der Waals surface area contributed by atoms with Gasteiger partial charge in [0.05, 0.1) is 12.0 Å². The standard InChI is InChI=1S/C19H21F3N2OS/c20-19(21,22)16-6-4-15(5-7-16)14-23-8-2-9-24(11-10-23)18(25)13-17-3-1-12-26-17/h1,3-7,12H,2,8-11,13-14H2. The van der Waals surface area contributed by atoms with Crippen LogP contribution in [0.5, 0.6) is 0 Å². The van der Waals surface area contributed by atoms with Gasteiger partial charge < -0.3 is 4.90 Å². The SMILES string of the molecule is O=C(Cc1cccs1)N1CCCN(Cc2ccc(C(F)(F)F)cc2)CC1. The average molecular weight is 382 g/mol. The number of alkyl halides is 3. The molecule has 1 saturated heterocycles. The first-order chi connectivity index (χ1) is 12.4. The molecule has 1 aromatic heterocycles. The third-order valence-corrected chi connectivity index (χ3v) is 5.41. The molecule has 0 bridgehead atoms. The van der Waals surface area contributed by atoms with Crippen molar-refractivity contribution in [3.63, 3.8) is 0 Å². The molecule has 3 nitrogen and oxygen atoms in total. The highest BCUT2D eigenvalue weighted by Crippen LogP contribution is 2.29. The van der Waals surface area contributed by atoms with E-state index >= 15 is 0 Å². The molecule has 0 atom stereocenters. The summed E-state index contributed by atoms with van der Waals surface area (Å²) in [6.45, 7) is 3.56. The molecule has 0 unspecified atom stereocenters. The van der Waals surface area contributed by atoms with E-state index in [2.05, 4.69) is 4.90 Å². The highest BCUT2D eigenvalue weighted by atomic mass is 32.1. The summed E-state index contributed by atoms with van der Waals surface area (Å²) in [5, 5.41) is 1.97. The van der Waals surface area contributed by atoms with Crippen LogP contribution < -0.4 is 0 Å². The zero-order chi connectivity index (χ0) is 18.6. The van der Waals surface area contributed by atoms with Crippen LogP contribution in [-0.2, 0) is 23.9 Å². The second-order valence-corrected chi connectivity index (χ2v) is 7.49. The lowest BCUT2D eigenvalue weighted by molar-refractivity contribution is -0.137. The number of nitrogens with zero attached hydrogens (tertiary/aromatic N) is 2. The fraction of sp³-hybridized carbons (Fsp3) is 0.421. The Morgan fingerprint density at radius 2 is 1.81 bits per heavy atom. The number of hydrogen-bond acceptors (Lipinski definition) is 3. The molecule has 1 aliphatic rings. The number of hydrogen-bond donors (Lipinski definition) is 0. The van der Waals surface area contributed by atoms with E-state index < -0.39 is 11.7 Å². The summed E-state index contributed by atoms with van der Waals surface area (Å²) in [6.07, 6.45) is -2.99. The van der Waals surface area contributed by atoms with E-state index in [1.807, 2.05) is 22.4 Å². The number of rotatable bonds is 4. The van der Waals surface area contributed by atoms with E-state index in [4.69, 9.17) is 0 Å². The van der Waals surface area contributed by atoms with Crippen molar-refractivity contribution in [2.24, 2.45) is 0 Å². The van der Waals surface area contributed by atoms with E-state index in [0.29, 0.717) is 19.5 Å². The molecule has 2 aromatic rings. The van der Waals surface area contributed by atoms with Gasteiger partial charge in [-0.3, -0.25) is 9.69 Å². The van der Waals surface area contributed by atoms with E-state index in [9.17, 15) is 18.0 Å². The molecule has 7 heteroatoms. The lowest BCUT2D eigenvalue weighted by Crippen LogP contribution is -2.35. The van der Waals surface area contributed by atoms with Crippen LogP contribution in [0.3, 0.4) is 0 Å². The highest BCUT2D eigenvalue weighted by Gasteiger charge is 2.30. The second kappa shape index (κ2) is 8.22. The number of carbonyl (C=O) groups is 1. The third-order valence-electron chi connectivity index (χ3n) is 4.53. The van der Waals surface area contributed by atoms with Crippen molar-refractivity contribution in [3.8, 4) is 0 Å². The van der Waals surface area contributed by atoms with Gasteiger partial charge >= 0.3 is 6.18 Å². The molecule has 1 fully saturated rings.